The Morgan fingerprint density at radius 1 is 1.12 bits per heavy atom. The molecule has 0 N–H and O–H groups in total. The van der Waals surface area contributed by atoms with Crippen molar-refractivity contribution in [2.24, 2.45) is 0 Å². The number of nitrogens with zero attached hydrogens (tertiary/aromatic N) is 2. The highest BCUT2D eigenvalue weighted by Crippen LogP contribution is 2.37. The molecular formula is C22H32N2S. The first-order chi connectivity index (χ1) is 11.8. The molecule has 3 rings (SSSR count). The molecule has 136 valence electrons. The van der Waals surface area contributed by atoms with Crippen LogP contribution in [-0.2, 0) is 12.0 Å². The van der Waals surface area contributed by atoms with E-state index >= 15 is 0 Å². The summed E-state index contributed by atoms with van der Waals surface area (Å²) in [5.74, 6) is 0. The van der Waals surface area contributed by atoms with Gasteiger partial charge in [-0.2, -0.15) is 0 Å². The van der Waals surface area contributed by atoms with Crippen molar-refractivity contribution < 1.29 is 0 Å². The molecule has 2 nitrogen and oxygen atoms in total. The van der Waals surface area contributed by atoms with Crippen molar-refractivity contribution in [3.8, 4) is 10.4 Å². The molecule has 1 aromatic carbocycles. The summed E-state index contributed by atoms with van der Waals surface area (Å²) in [4.78, 5) is 7.87. The predicted octanol–water partition coefficient (Wildman–Crippen LogP) is 5.24. The van der Waals surface area contributed by atoms with Crippen LogP contribution in [0.15, 0.2) is 36.4 Å². The molecule has 0 unspecified atom stereocenters. The zero-order valence-corrected chi connectivity index (χ0v) is 17.2. The zero-order valence-electron chi connectivity index (χ0n) is 16.4. The van der Waals surface area contributed by atoms with Crippen LogP contribution in [-0.4, -0.2) is 43.0 Å². The average molecular weight is 357 g/mol. The third-order valence-electron chi connectivity index (χ3n) is 5.08. The molecule has 0 radical (unpaired) electrons. The molecule has 2 heterocycles. The fourth-order valence-corrected chi connectivity index (χ4v) is 4.86. The van der Waals surface area contributed by atoms with Gasteiger partial charge in [0.1, 0.15) is 0 Å². The Balaban J connectivity index is 1.83. The molecule has 0 bridgehead atoms. The molecule has 0 saturated carbocycles. The maximum atomic E-state index is 2.68. The molecule has 1 aliphatic rings. The Labute approximate surface area is 157 Å². The summed E-state index contributed by atoms with van der Waals surface area (Å²) >= 11 is 1.95. The summed E-state index contributed by atoms with van der Waals surface area (Å²) in [7, 11) is 4.37. The maximum absolute atomic E-state index is 2.68. The van der Waals surface area contributed by atoms with E-state index in [-0.39, 0.29) is 5.41 Å². The van der Waals surface area contributed by atoms with Gasteiger partial charge in [0.15, 0.2) is 0 Å². The van der Waals surface area contributed by atoms with E-state index in [1.54, 1.807) is 0 Å². The van der Waals surface area contributed by atoms with Crippen molar-refractivity contribution in [1.82, 2.24) is 9.80 Å². The largest absolute Gasteiger partial charge is 0.308 e. The van der Waals surface area contributed by atoms with Crippen LogP contribution in [0.5, 0.6) is 0 Å². The zero-order chi connectivity index (χ0) is 18.0. The second-order valence-electron chi connectivity index (χ2n) is 8.60. The number of benzene rings is 1. The SMILES string of the molecule is CN(C)C[C@@H]1CCCN1Cc1ccccc1-c1ccc(C(C)(C)C)s1. The Bertz CT molecular complexity index is 696. The smallest absolute Gasteiger partial charge is 0.0349 e. The van der Waals surface area contributed by atoms with Gasteiger partial charge in [0.05, 0.1) is 0 Å². The lowest BCUT2D eigenvalue weighted by Gasteiger charge is -2.27. The van der Waals surface area contributed by atoms with E-state index in [0.717, 1.165) is 13.1 Å². The van der Waals surface area contributed by atoms with E-state index in [2.05, 4.69) is 81.1 Å². The first kappa shape index (κ1) is 18.6. The van der Waals surface area contributed by atoms with Crippen LogP contribution in [0.3, 0.4) is 0 Å². The van der Waals surface area contributed by atoms with Gasteiger partial charge in [-0.3, -0.25) is 4.90 Å². The van der Waals surface area contributed by atoms with Gasteiger partial charge in [-0.25, -0.2) is 0 Å². The standard InChI is InChI=1S/C22H32N2S/c1-22(2,3)21-13-12-20(25-21)19-11-7-6-9-17(19)15-24-14-8-10-18(24)16-23(4)5/h6-7,9,11-13,18H,8,10,14-16H2,1-5H3/t18-/m0/s1. The summed E-state index contributed by atoms with van der Waals surface area (Å²) in [6.45, 7) is 10.3. The number of hydrogen-bond donors (Lipinski definition) is 0. The molecule has 0 amide bonds. The van der Waals surface area contributed by atoms with Gasteiger partial charge in [0, 0.05) is 28.9 Å². The van der Waals surface area contributed by atoms with E-state index in [9.17, 15) is 0 Å². The first-order valence-electron chi connectivity index (χ1n) is 9.42. The lowest BCUT2D eigenvalue weighted by atomic mass is 9.95. The van der Waals surface area contributed by atoms with Crippen LogP contribution in [0.2, 0.25) is 0 Å². The van der Waals surface area contributed by atoms with Gasteiger partial charge in [-0.15, -0.1) is 11.3 Å². The maximum Gasteiger partial charge on any atom is 0.0349 e. The fraction of sp³-hybridized carbons (Fsp3) is 0.545. The molecule has 3 heteroatoms. The minimum Gasteiger partial charge on any atom is -0.308 e. The minimum atomic E-state index is 0.226. The lowest BCUT2D eigenvalue weighted by Crippen LogP contribution is -2.37. The number of likely N-dealkylation sites (N-methyl/N-ethyl adjacent to an activating group) is 1. The highest BCUT2D eigenvalue weighted by Gasteiger charge is 2.26. The van der Waals surface area contributed by atoms with Crippen molar-refractivity contribution in [3.05, 3.63) is 46.8 Å². The molecular weight excluding hydrogens is 324 g/mol. The molecule has 0 spiro atoms. The lowest BCUT2D eigenvalue weighted by molar-refractivity contribution is 0.201. The van der Waals surface area contributed by atoms with Gasteiger partial charge in [0.25, 0.3) is 0 Å². The summed E-state index contributed by atoms with van der Waals surface area (Å²) in [5.41, 5.74) is 3.11. The van der Waals surface area contributed by atoms with Crippen molar-refractivity contribution in [2.45, 2.75) is 51.6 Å². The van der Waals surface area contributed by atoms with E-state index in [0.29, 0.717) is 6.04 Å². The topological polar surface area (TPSA) is 6.48 Å². The third kappa shape index (κ3) is 4.52. The summed E-state index contributed by atoms with van der Waals surface area (Å²) in [5, 5.41) is 0. The number of likely N-dealkylation sites (tertiary alicyclic amines) is 1. The number of rotatable bonds is 5. The van der Waals surface area contributed by atoms with E-state index in [1.165, 1.54) is 40.3 Å². The minimum absolute atomic E-state index is 0.226. The van der Waals surface area contributed by atoms with Crippen LogP contribution >= 0.6 is 11.3 Å². The van der Waals surface area contributed by atoms with Crippen molar-refractivity contribution >= 4 is 11.3 Å². The normalized spacial score (nSPS) is 19.0. The van der Waals surface area contributed by atoms with Crippen LogP contribution in [0.4, 0.5) is 0 Å². The fourth-order valence-electron chi connectivity index (χ4n) is 3.73. The van der Waals surface area contributed by atoms with Crippen molar-refractivity contribution in [2.75, 3.05) is 27.2 Å². The Kier molecular flexibility index (Phi) is 5.67. The molecule has 1 atom stereocenters. The molecule has 25 heavy (non-hydrogen) atoms. The van der Waals surface area contributed by atoms with E-state index in [1.807, 2.05) is 11.3 Å². The number of hydrogen-bond acceptors (Lipinski definition) is 3. The molecule has 1 fully saturated rings. The predicted molar refractivity (Wildman–Crippen MR) is 110 cm³/mol. The highest BCUT2D eigenvalue weighted by atomic mass is 32.1. The van der Waals surface area contributed by atoms with Crippen LogP contribution < -0.4 is 0 Å². The van der Waals surface area contributed by atoms with Crippen molar-refractivity contribution in [1.29, 1.82) is 0 Å². The summed E-state index contributed by atoms with van der Waals surface area (Å²) in [6.07, 6.45) is 2.65. The molecule has 1 aliphatic heterocycles. The van der Waals surface area contributed by atoms with Gasteiger partial charge in [0.2, 0.25) is 0 Å². The van der Waals surface area contributed by atoms with Crippen LogP contribution in [0.1, 0.15) is 44.1 Å². The Morgan fingerprint density at radius 2 is 1.88 bits per heavy atom. The second kappa shape index (κ2) is 7.61. The van der Waals surface area contributed by atoms with Gasteiger partial charge >= 0.3 is 0 Å². The van der Waals surface area contributed by atoms with Gasteiger partial charge in [-0.05, 0) is 62.2 Å². The highest BCUT2D eigenvalue weighted by molar-refractivity contribution is 7.15. The Hall–Kier alpha value is -1.16. The Morgan fingerprint density at radius 3 is 2.56 bits per heavy atom. The molecule has 1 aromatic heterocycles. The van der Waals surface area contributed by atoms with Crippen LogP contribution in [0, 0.1) is 0 Å². The third-order valence-corrected chi connectivity index (χ3v) is 6.62. The first-order valence-corrected chi connectivity index (χ1v) is 10.2. The average Bonchev–Trinajstić information content (AvgIpc) is 3.17. The van der Waals surface area contributed by atoms with E-state index in [4.69, 9.17) is 0 Å². The summed E-state index contributed by atoms with van der Waals surface area (Å²) in [6, 6.07) is 14.3. The molecule has 1 saturated heterocycles. The van der Waals surface area contributed by atoms with Crippen molar-refractivity contribution in [3.63, 3.8) is 0 Å². The van der Waals surface area contributed by atoms with E-state index < -0.39 is 0 Å². The monoisotopic (exact) mass is 356 g/mol. The van der Waals surface area contributed by atoms with Crippen LogP contribution in [0.25, 0.3) is 10.4 Å². The van der Waals surface area contributed by atoms with Gasteiger partial charge < -0.3 is 4.90 Å². The second-order valence-corrected chi connectivity index (χ2v) is 9.68. The quantitative estimate of drug-likeness (QED) is 0.723. The van der Waals surface area contributed by atoms with Gasteiger partial charge in [-0.1, -0.05) is 45.0 Å². The molecule has 2 aromatic rings. The summed E-state index contributed by atoms with van der Waals surface area (Å²) < 4.78 is 0. The number of thiophene rings is 1. The molecule has 0 aliphatic carbocycles.